The molecule has 6 nitrogen and oxygen atoms in total. The minimum Gasteiger partial charge on any atom is -0.479 e. The molecule has 1 unspecified atom stereocenters. The van der Waals surface area contributed by atoms with Crippen LogP contribution >= 0.6 is 0 Å². The molecule has 4 atom stereocenters. The smallest absolute Gasteiger partial charge is 0.335 e. The van der Waals surface area contributed by atoms with Crippen LogP contribution in [0.3, 0.4) is 0 Å². The van der Waals surface area contributed by atoms with Gasteiger partial charge in [-0.05, 0) is 0 Å². The number of aliphatic carboxylic acids is 1. The van der Waals surface area contributed by atoms with Gasteiger partial charge in [-0.3, -0.25) is 0 Å². The SMILES string of the molecule is O=C(O)[C@@]1(O)CC(O)[C@H](O)[C@H](O)C1.[Zn]. The normalized spacial score (nSPS) is 42.7. The van der Waals surface area contributed by atoms with Crippen LogP contribution in [0.2, 0.25) is 0 Å². The molecule has 5 N–H and O–H groups in total. The molecule has 1 aliphatic rings. The van der Waals surface area contributed by atoms with E-state index in [1.54, 1.807) is 0 Å². The third-order valence-corrected chi connectivity index (χ3v) is 2.28. The van der Waals surface area contributed by atoms with Crippen molar-refractivity contribution in [3.63, 3.8) is 0 Å². The van der Waals surface area contributed by atoms with Gasteiger partial charge >= 0.3 is 5.97 Å². The molecule has 0 radical (unpaired) electrons. The molecule has 0 saturated heterocycles. The van der Waals surface area contributed by atoms with Gasteiger partial charge in [0.05, 0.1) is 12.2 Å². The average molecular weight is 258 g/mol. The second kappa shape index (κ2) is 4.64. The summed E-state index contributed by atoms with van der Waals surface area (Å²) in [4.78, 5) is 10.5. The summed E-state index contributed by atoms with van der Waals surface area (Å²) in [5.41, 5.74) is -2.14. The maximum atomic E-state index is 10.5. The summed E-state index contributed by atoms with van der Waals surface area (Å²) < 4.78 is 0. The van der Waals surface area contributed by atoms with Crippen LogP contribution in [0.25, 0.3) is 0 Å². The fraction of sp³-hybridized carbons (Fsp3) is 0.857. The number of hydrogen-bond donors (Lipinski definition) is 5. The zero-order valence-corrected chi connectivity index (χ0v) is 10.5. The van der Waals surface area contributed by atoms with Crippen LogP contribution in [-0.2, 0) is 24.3 Å². The van der Waals surface area contributed by atoms with Gasteiger partial charge in [-0.15, -0.1) is 0 Å². The number of carbonyl (C=O) groups is 1. The van der Waals surface area contributed by atoms with Gasteiger partial charge in [0.1, 0.15) is 6.10 Å². The number of carboxylic acids is 1. The van der Waals surface area contributed by atoms with Crippen molar-refractivity contribution in [2.45, 2.75) is 36.8 Å². The predicted octanol–water partition coefficient (Wildman–Crippen LogP) is -2.32. The van der Waals surface area contributed by atoms with Crippen molar-refractivity contribution in [3.05, 3.63) is 0 Å². The largest absolute Gasteiger partial charge is 0.479 e. The van der Waals surface area contributed by atoms with E-state index >= 15 is 0 Å². The summed E-state index contributed by atoms with van der Waals surface area (Å²) in [6, 6.07) is 0. The third kappa shape index (κ3) is 2.49. The van der Waals surface area contributed by atoms with Gasteiger partial charge in [0.2, 0.25) is 0 Å². The van der Waals surface area contributed by atoms with Crippen LogP contribution in [0.1, 0.15) is 12.8 Å². The molecular weight excluding hydrogens is 245 g/mol. The molecule has 1 saturated carbocycles. The topological polar surface area (TPSA) is 118 Å². The first-order valence-electron chi connectivity index (χ1n) is 3.87. The first-order valence-corrected chi connectivity index (χ1v) is 3.87. The van der Waals surface area contributed by atoms with Gasteiger partial charge < -0.3 is 25.5 Å². The van der Waals surface area contributed by atoms with E-state index in [4.69, 9.17) is 20.4 Å². The van der Waals surface area contributed by atoms with Crippen LogP contribution in [-0.4, -0.2) is 55.4 Å². The zero-order chi connectivity index (χ0) is 10.2. The van der Waals surface area contributed by atoms with Crippen molar-refractivity contribution in [3.8, 4) is 0 Å². The third-order valence-electron chi connectivity index (χ3n) is 2.28. The number of rotatable bonds is 1. The van der Waals surface area contributed by atoms with E-state index < -0.39 is 42.7 Å². The zero-order valence-electron chi connectivity index (χ0n) is 7.50. The number of carboxylic acid groups (broad SMARTS) is 1. The second-order valence-electron chi connectivity index (χ2n) is 3.37. The van der Waals surface area contributed by atoms with E-state index in [2.05, 4.69) is 0 Å². The molecule has 0 amide bonds. The van der Waals surface area contributed by atoms with Crippen LogP contribution in [0, 0.1) is 0 Å². The summed E-state index contributed by atoms with van der Waals surface area (Å²) in [5, 5.41) is 45.2. The van der Waals surface area contributed by atoms with E-state index in [-0.39, 0.29) is 19.5 Å². The van der Waals surface area contributed by atoms with Crippen LogP contribution in [0.5, 0.6) is 0 Å². The molecule has 1 rings (SSSR count). The molecule has 7 heteroatoms. The quantitative estimate of drug-likeness (QED) is 0.337. The van der Waals surface area contributed by atoms with Crippen molar-refractivity contribution in [2.24, 2.45) is 0 Å². The Hall–Kier alpha value is -0.0666. The molecule has 0 aliphatic heterocycles. The molecule has 1 aliphatic carbocycles. The van der Waals surface area contributed by atoms with Crippen molar-refractivity contribution < 1.29 is 49.8 Å². The first kappa shape index (κ1) is 13.9. The van der Waals surface area contributed by atoms with Crippen molar-refractivity contribution in [1.82, 2.24) is 0 Å². The van der Waals surface area contributed by atoms with E-state index in [0.29, 0.717) is 0 Å². The van der Waals surface area contributed by atoms with Crippen LogP contribution in [0.4, 0.5) is 0 Å². The number of hydrogen-bond acceptors (Lipinski definition) is 5. The van der Waals surface area contributed by atoms with E-state index in [0.717, 1.165) is 0 Å². The Balaban J connectivity index is 0.00000169. The van der Waals surface area contributed by atoms with Gasteiger partial charge in [-0.25, -0.2) is 4.79 Å². The summed E-state index contributed by atoms with van der Waals surface area (Å²) in [5.74, 6) is -1.50. The van der Waals surface area contributed by atoms with E-state index in [9.17, 15) is 9.90 Å². The molecule has 78 valence electrons. The number of aliphatic hydroxyl groups excluding tert-OH is 3. The molecule has 0 heterocycles. The monoisotopic (exact) mass is 256 g/mol. The summed E-state index contributed by atoms with van der Waals surface area (Å²) in [6.07, 6.45) is -5.16. The first-order chi connectivity index (χ1) is 5.87. The Kier molecular flexibility index (Phi) is 4.61. The Morgan fingerprint density at radius 3 is 1.79 bits per heavy atom. The average Bonchev–Trinajstić information content (AvgIpc) is 2.00. The predicted molar refractivity (Wildman–Crippen MR) is 39.8 cm³/mol. The Labute approximate surface area is 92.9 Å². The maximum absolute atomic E-state index is 10.5. The summed E-state index contributed by atoms with van der Waals surface area (Å²) in [6.45, 7) is 0. The Morgan fingerprint density at radius 2 is 1.50 bits per heavy atom. The molecular formula is C7H12O6Zn. The fourth-order valence-corrected chi connectivity index (χ4v) is 1.45. The molecule has 14 heavy (non-hydrogen) atoms. The van der Waals surface area contributed by atoms with Gasteiger partial charge in [0, 0.05) is 32.3 Å². The second-order valence-corrected chi connectivity index (χ2v) is 3.37. The van der Waals surface area contributed by atoms with Gasteiger partial charge in [-0.1, -0.05) is 0 Å². The fourth-order valence-electron chi connectivity index (χ4n) is 1.45. The molecule has 0 aromatic carbocycles. The van der Waals surface area contributed by atoms with Gasteiger partial charge in [0.25, 0.3) is 0 Å². The molecule has 1 fully saturated rings. The Morgan fingerprint density at radius 1 is 1.14 bits per heavy atom. The number of aliphatic hydroxyl groups is 4. The minimum atomic E-state index is -2.14. The summed E-state index contributed by atoms with van der Waals surface area (Å²) >= 11 is 0. The van der Waals surface area contributed by atoms with Crippen LogP contribution in [0.15, 0.2) is 0 Å². The standard InChI is InChI=1S/C7H12O6.Zn/c8-3-1-7(13,6(11)12)2-4(9)5(3)10;/h3-5,8-10,13H,1-2H2,(H,11,12);/t3-,4?,5-,7+;/m1./s1. The van der Waals surface area contributed by atoms with E-state index in [1.807, 2.05) is 0 Å². The van der Waals surface area contributed by atoms with E-state index in [1.165, 1.54) is 0 Å². The van der Waals surface area contributed by atoms with Crippen molar-refractivity contribution >= 4 is 5.97 Å². The molecule has 0 aromatic rings. The molecule has 0 spiro atoms. The molecule has 0 bridgehead atoms. The Bertz CT molecular complexity index is 208. The maximum Gasteiger partial charge on any atom is 0.335 e. The van der Waals surface area contributed by atoms with Gasteiger partial charge in [-0.2, -0.15) is 0 Å². The van der Waals surface area contributed by atoms with Crippen LogP contribution < -0.4 is 0 Å². The van der Waals surface area contributed by atoms with Crippen molar-refractivity contribution in [1.29, 1.82) is 0 Å². The molecule has 0 aromatic heterocycles. The van der Waals surface area contributed by atoms with Gasteiger partial charge in [0.15, 0.2) is 5.60 Å². The van der Waals surface area contributed by atoms with Crippen molar-refractivity contribution in [2.75, 3.05) is 0 Å². The minimum absolute atomic E-state index is 0. The summed E-state index contributed by atoms with van der Waals surface area (Å²) in [7, 11) is 0.